The van der Waals surface area contributed by atoms with E-state index >= 15 is 0 Å². The highest BCUT2D eigenvalue weighted by Crippen LogP contribution is 2.45. The normalized spacial score (nSPS) is 19.1. The molecule has 8 nitrogen and oxygen atoms in total. The van der Waals surface area contributed by atoms with Crippen molar-refractivity contribution in [3.8, 4) is 11.5 Å². The van der Waals surface area contributed by atoms with Gasteiger partial charge >= 0.3 is 0 Å². The van der Waals surface area contributed by atoms with Crippen LogP contribution in [-0.2, 0) is 10.0 Å². The van der Waals surface area contributed by atoms with E-state index in [0.717, 1.165) is 36.0 Å². The summed E-state index contributed by atoms with van der Waals surface area (Å²) in [6.07, 6.45) is 2.94. The number of hydrogen-bond donors (Lipinski definition) is 1. The minimum atomic E-state index is -3.87. The van der Waals surface area contributed by atoms with E-state index in [-0.39, 0.29) is 32.6 Å². The number of nitrogens with zero attached hydrogens (tertiary/aromatic N) is 1. The molecule has 1 saturated carbocycles. The monoisotopic (exact) mass is 620 g/mol. The molecule has 3 rings (SSSR count). The van der Waals surface area contributed by atoms with Crippen LogP contribution in [0.2, 0.25) is 36.3 Å². The van der Waals surface area contributed by atoms with Crippen LogP contribution in [0.5, 0.6) is 11.5 Å². The molecule has 1 aliphatic rings. The molecule has 0 aliphatic heterocycles. The molecule has 0 bridgehead atoms. The van der Waals surface area contributed by atoms with Crippen LogP contribution in [-0.4, -0.2) is 36.0 Å². The third-order valence-electron chi connectivity index (χ3n) is 9.16. The Morgan fingerprint density at radius 2 is 1.41 bits per heavy atom. The van der Waals surface area contributed by atoms with Crippen LogP contribution in [0, 0.1) is 10.1 Å². The van der Waals surface area contributed by atoms with Crippen molar-refractivity contribution in [2.24, 2.45) is 0 Å². The predicted molar refractivity (Wildman–Crippen MR) is 171 cm³/mol. The highest BCUT2D eigenvalue weighted by Gasteiger charge is 2.41. The van der Waals surface area contributed by atoms with Crippen molar-refractivity contribution in [1.82, 2.24) is 4.72 Å². The van der Waals surface area contributed by atoms with Gasteiger partial charge in [-0.25, -0.2) is 13.1 Å². The highest BCUT2D eigenvalue weighted by atomic mass is 32.2. The van der Waals surface area contributed by atoms with Crippen molar-refractivity contribution in [1.29, 1.82) is 0 Å². The van der Waals surface area contributed by atoms with Crippen LogP contribution in [0.15, 0.2) is 47.4 Å². The largest absolute Gasteiger partial charge is 0.543 e. The summed E-state index contributed by atoms with van der Waals surface area (Å²) >= 11 is 0. The summed E-state index contributed by atoms with van der Waals surface area (Å²) in [6.45, 7) is 22.4. The number of nitrogens with one attached hydrogen (secondary N) is 1. The van der Waals surface area contributed by atoms with Crippen molar-refractivity contribution < 1.29 is 22.2 Å². The quantitative estimate of drug-likeness (QED) is 0.171. The molecular formula is C30H48N2O6SSi2. The van der Waals surface area contributed by atoms with Crippen LogP contribution < -0.4 is 13.6 Å². The van der Waals surface area contributed by atoms with Gasteiger partial charge < -0.3 is 8.85 Å². The molecule has 0 unspecified atom stereocenters. The Bertz CT molecular complexity index is 1360. The fourth-order valence-corrected chi connectivity index (χ4v) is 7.85. The third kappa shape index (κ3) is 8.00. The number of nitro benzene ring substituents is 1. The van der Waals surface area contributed by atoms with E-state index in [1.54, 1.807) is 0 Å². The molecule has 41 heavy (non-hydrogen) atoms. The average Bonchev–Trinajstić information content (AvgIpc) is 2.83. The smallest absolute Gasteiger partial charge is 0.270 e. The standard InChI is InChI=1S/C30H48N2O6SSi2/c1-29(2,3)40(7,8)37-25-18-19-27(28(21-25)38-41(9,10)30(4,5)6)22-14-16-23(17-15-22)31-39(35,36)26-13-11-12-24(20-26)32(33)34/h11-13,18-23,31H,14-17H2,1-10H3. The first-order chi connectivity index (χ1) is 18.6. The van der Waals surface area contributed by atoms with Gasteiger partial charge in [0.2, 0.25) is 26.7 Å². The Balaban J connectivity index is 1.82. The molecule has 228 valence electrons. The minimum Gasteiger partial charge on any atom is -0.543 e. The van der Waals surface area contributed by atoms with Crippen LogP contribution in [0.25, 0.3) is 0 Å². The number of sulfonamides is 1. The van der Waals surface area contributed by atoms with Gasteiger partial charge in [-0.1, -0.05) is 53.7 Å². The van der Waals surface area contributed by atoms with Crippen LogP contribution in [0.1, 0.15) is 78.7 Å². The van der Waals surface area contributed by atoms with E-state index in [4.69, 9.17) is 8.85 Å². The van der Waals surface area contributed by atoms with E-state index in [2.05, 4.69) is 90.7 Å². The fourth-order valence-electron chi connectivity index (χ4n) is 4.45. The first-order valence-electron chi connectivity index (χ1n) is 14.4. The van der Waals surface area contributed by atoms with Gasteiger partial charge in [0.15, 0.2) is 0 Å². The first-order valence-corrected chi connectivity index (χ1v) is 21.7. The van der Waals surface area contributed by atoms with Crippen molar-refractivity contribution in [3.63, 3.8) is 0 Å². The molecule has 1 aliphatic carbocycles. The number of non-ortho nitro benzene ring substituents is 1. The van der Waals surface area contributed by atoms with Crippen LogP contribution in [0.4, 0.5) is 5.69 Å². The Kier molecular flexibility index (Phi) is 9.59. The average molecular weight is 621 g/mol. The van der Waals surface area contributed by atoms with E-state index in [0.29, 0.717) is 12.8 Å². The van der Waals surface area contributed by atoms with Gasteiger partial charge in [-0.3, -0.25) is 10.1 Å². The molecule has 0 spiro atoms. The number of hydrogen-bond acceptors (Lipinski definition) is 6. The minimum absolute atomic E-state index is 0.0308. The second-order valence-electron chi connectivity index (χ2n) is 14.3. The lowest BCUT2D eigenvalue weighted by molar-refractivity contribution is -0.385. The third-order valence-corrected chi connectivity index (χ3v) is 19.4. The molecule has 0 aromatic heterocycles. The van der Waals surface area contributed by atoms with Gasteiger partial charge in [0.25, 0.3) is 5.69 Å². The van der Waals surface area contributed by atoms with Gasteiger partial charge in [0, 0.05) is 24.2 Å². The van der Waals surface area contributed by atoms with Gasteiger partial charge in [0.05, 0.1) is 9.82 Å². The molecule has 0 atom stereocenters. The Morgan fingerprint density at radius 3 is 1.95 bits per heavy atom. The Morgan fingerprint density at radius 1 is 0.854 bits per heavy atom. The zero-order valence-electron chi connectivity index (χ0n) is 26.3. The van der Waals surface area contributed by atoms with E-state index in [1.165, 1.54) is 18.2 Å². The van der Waals surface area contributed by atoms with Crippen molar-refractivity contribution in [2.75, 3.05) is 0 Å². The Labute approximate surface area is 248 Å². The van der Waals surface area contributed by atoms with E-state index < -0.39 is 31.6 Å². The van der Waals surface area contributed by atoms with Crippen molar-refractivity contribution in [2.45, 2.75) is 120 Å². The summed E-state index contributed by atoms with van der Waals surface area (Å²) in [5, 5.41) is 11.2. The summed E-state index contributed by atoms with van der Waals surface area (Å²) in [5.74, 6) is 1.95. The topological polar surface area (TPSA) is 108 Å². The lowest BCUT2D eigenvalue weighted by Gasteiger charge is -2.39. The maximum absolute atomic E-state index is 13.0. The second kappa shape index (κ2) is 11.8. The fraction of sp³-hybridized carbons (Fsp3) is 0.600. The lowest BCUT2D eigenvalue weighted by atomic mass is 9.81. The summed E-state index contributed by atoms with van der Waals surface area (Å²) < 4.78 is 42.3. The van der Waals surface area contributed by atoms with Gasteiger partial charge in [-0.05, 0) is 85.6 Å². The van der Waals surface area contributed by atoms with Crippen molar-refractivity contribution in [3.05, 3.63) is 58.1 Å². The number of rotatable bonds is 9. The molecule has 1 N–H and O–H groups in total. The molecule has 0 heterocycles. The van der Waals surface area contributed by atoms with Crippen molar-refractivity contribution >= 4 is 32.3 Å². The molecule has 0 radical (unpaired) electrons. The zero-order valence-corrected chi connectivity index (χ0v) is 29.1. The summed E-state index contributed by atoms with van der Waals surface area (Å²) in [7, 11) is -8.04. The second-order valence-corrected chi connectivity index (χ2v) is 25.5. The van der Waals surface area contributed by atoms with E-state index in [1.807, 2.05) is 0 Å². The number of benzene rings is 2. The molecular weight excluding hydrogens is 573 g/mol. The summed E-state index contributed by atoms with van der Waals surface area (Å²) in [5.41, 5.74) is 0.907. The summed E-state index contributed by atoms with van der Waals surface area (Å²) in [4.78, 5) is 10.4. The van der Waals surface area contributed by atoms with Crippen LogP contribution >= 0.6 is 0 Å². The zero-order chi connectivity index (χ0) is 31.0. The van der Waals surface area contributed by atoms with Gasteiger partial charge in [-0.15, -0.1) is 0 Å². The molecule has 0 saturated heterocycles. The van der Waals surface area contributed by atoms with Gasteiger partial charge in [0.1, 0.15) is 11.5 Å². The number of nitro groups is 1. The maximum atomic E-state index is 13.0. The maximum Gasteiger partial charge on any atom is 0.270 e. The summed E-state index contributed by atoms with van der Waals surface area (Å²) in [6, 6.07) is 11.2. The molecule has 0 amide bonds. The highest BCUT2D eigenvalue weighted by molar-refractivity contribution is 7.89. The van der Waals surface area contributed by atoms with Crippen LogP contribution in [0.3, 0.4) is 0 Å². The van der Waals surface area contributed by atoms with E-state index in [9.17, 15) is 18.5 Å². The molecule has 2 aromatic carbocycles. The predicted octanol–water partition coefficient (Wildman–Crippen LogP) is 8.37. The van der Waals surface area contributed by atoms with Gasteiger partial charge in [-0.2, -0.15) is 0 Å². The molecule has 2 aromatic rings. The Hall–Kier alpha value is -2.22. The molecule has 11 heteroatoms. The lowest BCUT2D eigenvalue weighted by Crippen LogP contribution is -2.44. The first kappa shape index (κ1) is 33.3. The SMILES string of the molecule is CC(C)(C)[Si](C)(C)Oc1ccc(C2CCC(NS(=O)(=O)c3cccc([N+](=O)[O-])c3)CC2)c(O[Si](C)(C)C(C)(C)C)c1. The molecule has 1 fully saturated rings.